The maximum absolute atomic E-state index is 12.1. The number of carbonyl (C=O) groups is 1. The lowest BCUT2D eigenvalue weighted by Gasteiger charge is -2.21. The van der Waals surface area contributed by atoms with Crippen molar-refractivity contribution < 1.29 is 14.6 Å². The van der Waals surface area contributed by atoms with Gasteiger partial charge >= 0.3 is 0 Å². The number of hydrogen-bond donors (Lipinski definition) is 2. The molecule has 1 aromatic carbocycles. The molecule has 1 aliphatic carbocycles. The van der Waals surface area contributed by atoms with Gasteiger partial charge in [-0.15, -0.1) is 0 Å². The Hall–Kier alpha value is -1.39. The minimum absolute atomic E-state index is 0.00308. The molecule has 2 N–H and O–H groups in total. The fourth-order valence-electron chi connectivity index (χ4n) is 2.88. The summed E-state index contributed by atoms with van der Waals surface area (Å²) >= 11 is 0. The van der Waals surface area contributed by atoms with Gasteiger partial charge in [-0.1, -0.05) is 24.3 Å². The number of amides is 1. The van der Waals surface area contributed by atoms with E-state index in [2.05, 4.69) is 17.4 Å². The fraction of sp³-hybridized carbons (Fsp3) is 0.533. The molecule has 4 nitrogen and oxygen atoms in total. The summed E-state index contributed by atoms with van der Waals surface area (Å²) in [5.74, 6) is 0.0415. The van der Waals surface area contributed by atoms with Crippen LogP contribution in [0.5, 0.6) is 0 Å². The van der Waals surface area contributed by atoms with Gasteiger partial charge in [-0.3, -0.25) is 4.79 Å². The zero-order chi connectivity index (χ0) is 13.3. The zero-order valence-electron chi connectivity index (χ0n) is 10.9. The highest BCUT2D eigenvalue weighted by atomic mass is 16.5. The van der Waals surface area contributed by atoms with Crippen molar-refractivity contribution in [2.75, 3.05) is 19.8 Å². The first-order valence-corrected chi connectivity index (χ1v) is 6.81. The van der Waals surface area contributed by atoms with Crippen molar-refractivity contribution in [3.8, 4) is 0 Å². The molecule has 1 amide bonds. The second-order valence-corrected chi connectivity index (χ2v) is 5.62. The van der Waals surface area contributed by atoms with E-state index in [1.54, 1.807) is 0 Å². The third kappa shape index (κ3) is 2.65. The molecule has 1 aromatic rings. The number of benzene rings is 1. The van der Waals surface area contributed by atoms with Crippen LogP contribution in [0, 0.1) is 5.92 Å². The lowest BCUT2D eigenvalue weighted by Crippen LogP contribution is -2.45. The van der Waals surface area contributed by atoms with Crippen molar-refractivity contribution in [3.63, 3.8) is 0 Å². The van der Waals surface area contributed by atoms with Gasteiger partial charge in [0, 0.05) is 25.5 Å². The van der Waals surface area contributed by atoms with Crippen LogP contribution < -0.4 is 5.32 Å². The molecular formula is C15H19NO3. The highest BCUT2D eigenvalue weighted by molar-refractivity contribution is 5.80. The zero-order valence-corrected chi connectivity index (χ0v) is 10.9. The van der Waals surface area contributed by atoms with E-state index in [0.717, 1.165) is 12.8 Å². The first-order chi connectivity index (χ1) is 9.16. The first-order valence-electron chi connectivity index (χ1n) is 6.81. The number of hydrogen-bond acceptors (Lipinski definition) is 3. The molecule has 0 spiro atoms. The molecule has 0 radical (unpaired) electrons. The van der Waals surface area contributed by atoms with Crippen molar-refractivity contribution in [1.29, 1.82) is 0 Å². The van der Waals surface area contributed by atoms with E-state index >= 15 is 0 Å². The van der Waals surface area contributed by atoms with Crippen molar-refractivity contribution in [2.45, 2.75) is 24.9 Å². The van der Waals surface area contributed by atoms with Gasteiger partial charge in [-0.05, 0) is 24.0 Å². The molecule has 1 atom stereocenters. The lowest BCUT2D eigenvalue weighted by atomic mass is 10.0. The number of fused-ring (bicyclic) bond motifs is 1. The minimum Gasteiger partial charge on any atom is -0.386 e. The van der Waals surface area contributed by atoms with Crippen LogP contribution in [0.3, 0.4) is 0 Å². The third-order valence-corrected chi connectivity index (χ3v) is 4.10. The summed E-state index contributed by atoms with van der Waals surface area (Å²) in [7, 11) is 0. The Labute approximate surface area is 112 Å². The molecule has 19 heavy (non-hydrogen) atoms. The van der Waals surface area contributed by atoms with E-state index in [-0.39, 0.29) is 11.8 Å². The van der Waals surface area contributed by atoms with Gasteiger partial charge in [0.05, 0.1) is 6.61 Å². The van der Waals surface area contributed by atoms with Gasteiger partial charge in [0.25, 0.3) is 0 Å². The van der Waals surface area contributed by atoms with E-state index < -0.39 is 5.60 Å². The average molecular weight is 261 g/mol. The summed E-state index contributed by atoms with van der Waals surface area (Å²) in [6.07, 6.45) is 2.20. The molecule has 3 rings (SSSR count). The molecule has 1 aliphatic heterocycles. The number of aliphatic hydroxyl groups is 1. The van der Waals surface area contributed by atoms with Crippen molar-refractivity contribution in [1.82, 2.24) is 5.32 Å². The van der Waals surface area contributed by atoms with E-state index in [0.29, 0.717) is 26.2 Å². The molecule has 0 bridgehead atoms. The molecule has 1 unspecified atom stereocenters. The van der Waals surface area contributed by atoms with Gasteiger partial charge in [0.2, 0.25) is 5.91 Å². The molecule has 1 fully saturated rings. The van der Waals surface area contributed by atoms with Crippen molar-refractivity contribution in [2.24, 2.45) is 5.92 Å². The van der Waals surface area contributed by atoms with Crippen LogP contribution in [0.4, 0.5) is 0 Å². The normalized spacial score (nSPS) is 26.4. The standard InChI is InChI=1S/C15H19NO3/c17-14(16-9-15(18)5-6-19-10-15)13-7-11-3-1-2-4-12(11)8-13/h1-4,13,18H,5-10H2,(H,16,17). The Morgan fingerprint density at radius 1 is 1.37 bits per heavy atom. The molecule has 0 saturated carbocycles. The van der Waals surface area contributed by atoms with Crippen LogP contribution in [0.15, 0.2) is 24.3 Å². The van der Waals surface area contributed by atoms with Crippen LogP contribution in [0.2, 0.25) is 0 Å². The average Bonchev–Trinajstić information content (AvgIpc) is 3.02. The Balaban J connectivity index is 1.55. The maximum atomic E-state index is 12.1. The highest BCUT2D eigenvalue weighted by Crippen LogP contribution is 2.26. The second-order valence-electron chi connectivity index (χ2n) is 5.62. The summed E-state index contributed by atoms with van der Waals surface area (Å²) in [5, 5.41) is 13.0. The molecule has 102 valence electrons. The molecule has 1 heterocycles. The monoisotopic (exact) mass is 261 g/mol. The number of carbonyl (C=O) groups excluding carboxylic acids is 1. The Kier molecular flexibility index (Phi) is 3.29. The molecule has 0 aromatic heterocycles. The van der Waals surface area contributed by atoms with Gasteiger partial charge < -0.3 is 15.2 Å². The van der Waals surface area contributed by atoms with Gasteiger partial charge in [-0.25, -0.2) is 0 Å². The van der Waals surface area contributed by atoms with Crippen LogP contribution >= 0.6 is 0 Å². The van der Waals surface area contributed by atoms with Gasteiger partial charge in [-0.2, -0.15) is 0 Å². The van der Waals surface area contributed by atoms with Crippen LogP contribution in [-0.2, 0) is 22.4 Å². The Morgan fingerprint density at radius 2 is 2.05 bits per heavy atom. The Bertz CT molecular complexity index is 455. The smallest absolute Gasteiger partial charge is 0.223 e. The molecule has 4 heteroatoms. The summed E-state index contributed by atoms with van der Waals surface area (Å²) in [4.78, 5) is 12.1. The SMILES string of the molecule is O=C(NCC1(O)CCOC1)C1Cc2ccccc2C1. The van der Waals surface area contributed by atoms with Crippen LogP contribution in [0.1, 0.15) is 17.5 Å². The largest absolute Gasteiger partial charge is 0.386 e. The Morgan fingerprint density at radius 3 is 2.63 bits per heavy atom. The maximum Gasteiger partial charge on any atom is 0.223 e. The molecule has 2 aliphatic rings. The van der Waals surface area contributed by atoms with Crippen LogP contribution in [0.25, 0.3) is 0 Å². The van der Waals surface area contributed by atoms with Crippen LogP contribution in [-0.4, -0.2) is 36.4 Å². The quantitative estimate of drug-likeness (QED) is 0.841. The molecule has 1 saturated heterocycles. The summed E-state index contributed by atoms with van der Waals surface area (Å²) in [6, 6.07) is 8.19. The number of ether oxygens (including phenoxy) is 1. The van der Waals surface area contributed by atoms with Gasteiger partial charge in [0.15, 0.2) is 0 Å². The number of rotatable bonds is 3. The van der Waals surface area contributed by atoms with E-state index in [1.807, 2.05) is 12.1 Å². The van der Waals surface area contributed by atoms with E-state index in [1.165, 1.54) is 11.1 Å². The van der Waals surface area contributed by atoms with Crippen molar-refractivity contribution in [3.05, 3.63) is 35.4 Å². The predicted octanol–water partition coefficient (Wildman–Crippen LogP) is 0.669. The highest BCUT2D eigenvalue weighted by Gasteiger charge is 2.34. The molecular weight excluding hydrogens is 242 g/mol. The summed E-state index contributed by atoms with van der Waals surface area (Å²) in [5.41, 5.74) is 1.66. The summed E-state index contributed by atoms with van der Waals surface area (Å²) < 4.78 is 5.17. The fourth-order valence-corrected chi connectivity index (χ4v) is 2.88. The van der Waals surface area contributed by atoms with E-state index in [4.69, 9.17) is 4.74 Å². The van der Waals surface area contributed by atoms with Crippen molar-refractivity contribution >= 4 is 5.91 Å². The third-order valence-electron chi connectivity index (χ3n) is 4.10. The summed E-state index contributed by atoms with van der Waals surface area (Å²) in [6.45, 7) is 1.18. The second kappa shape index (κ2) is 4.94. The van der Waals surface area contributed by atoms with Gasteiger partial charge in [0.1, 0.15) is 5.60 Å². The van der Waals surface area contributed by atoms with E-state index in [9.17, 15) is 9.90 Å². The predicted molar refractivity (Wildman–Crippen MR) is 70.7 cm³/mol. The number of nitrogens with one attached hydrogen (secondary N) is 1. The minimum atomic E-state index is -0.874. The topological polar surface area (TPSA) is 58.6 Å². The first kappa shape index (κ1) is 12.6. The lowest BCUT2D eigenvalue weighted by molar-refractivity contribution is -0.126.